The van der Waals surface area contributed by atoms with Crippen LogP contribution in [0.25, 0.3) is 0 Å². The first-order valence-corrected chi connectivity index (χ1v) is 6.75. The minimum atomic E-state index is -0.997. The number of carbonyl (C=O) groups excluding carboxylic acids is 1. The highest BCUT2D eigenvalue weighted by Crippen LogP contribution is 2.13. The standard InChI is InChI=1S/C13H20N4O3/c1-7(2)3-10(13(19)20)17-12(18)9-4-8-11(5-14-9)16-6-15-8/h6-7,9-10,14H,3-5H2,1-2H3,(H,15,16)(H,17,18)(H,19,20)/t9?,10-/m1/s1. The number of hydrogen-bond donors (Lipinski definition) is 4. The first-order chi connectivity index (χ1) is 9.47. The molecular formula is C13H20N4O3. The minimum absolute atomic E-state index is 0.202. The van der Waals surface area contributed by atoms with Crippen LogP contribution >= 0.6 is 0 Å². The lowest BCUT2D eigenvalue weighted by atomic mass is 10.0. The van der Waals surface area contributed by atoms with Crippen molar-refractivity contribution < 1.29 is 14.7 Å². The summed E-state index contributed by atoms with van der Waals surface area (Å²) in [7, 11) is 0. The summed E-state index contributed by atoms with van der Waals surface area (Å²) in [6.45, 7) is 4.39. The van der Waals surface area contributed by atoms with Gasteiger partial charge < -0.3 is 15.4 Å². The van der Waals surface area contributed by atoms with Gasteiger partial charge in [0.2, 0.25) is 5.91 Å². The van der Waals surface area contributed by atoms with Gasteiger partial charge in [0.05, 0.1) is 23.8 Å². The van der Waals surface area contributed by atoms with Crippen molar-refractivity contribution in [2.75, 3.05) is 0 Å². The summed E-state index contributed by atoms with van der Waals surface area (Å²) in [5.41, 5.74) is 1.84. The second-order valence-corrected chi connectivity index (χ2v) is 5.49. The van der Waals surface area contributed by atoms with E-state index in [0.29, 0.717) is 19.4 Å². The van der Waals surface area contributed by atoms with E-state index in [2.05, 4.69) is 20.6 Å². The van der Waals surface area contributed by atoms with E-state index in [4.69, 9.17) is 5.11 Å². The summed E-state index contributed by atoms with van der Waals surface area (Å²) < 4.78 is 0. The lowest BCUT2D eigenvalue weighted by Gasteiger charge is -2.24. The van der Waals surface area contributed by atoms with E-state index in [1.54, 1.807) is 6.33 Å². The van der Waals surface area contributed by atoms with Gasteiger partial charge in [0, 0.05) is 13.0 Å². The fourth-order valence-electron chi connectivity index (χ4n) is 2.32. The molecule has 7 nitrogen and oxygen atoms in total. The monoisotopic (exact) mass is 280 g/mol. The Kier molecular flexibility index (Phi) is 4.39. The van der Waals surface area contributed by atoms with Gasteiger partial charge in [-0.25, -0.2) is 9.78 Å². The third-order valence-electron chi connectivity index (χ3n) is 3.37. The highest BCUT2D eigenvalue weighted by Gasteiger charge is 2.29. The molecule has 2 atom stereocenters. The number of carbonyl (C=O) groups is 2. The van der Waals surface area contributed by atoms with E-state index in [1.807, 2.05) is 13.8 Å². The van der Waals surface area contributed by atoms with E-state index in [9.17, 15) is 9.59 Å². The Morgan fingerprint density at radius 3 is 2.95 bits per heavy atom. The Morgan fingerprint density at radius 2 is 2.30 bits per heavy atom. The predicted octanol–water partition coefficient (Wildman–Crippen LogP) is 0.0395. The molecule has 1 aliphatic heterocycles. The van der Waals surface area contributed by atoms with Crippen LogP contribution in [0.4, 0.5) is 0 Å². The number of nitrogens with one attached hydrogen (secondary N) is 3. The number of carboxylic acids is 1. The third-order valence-corrected chi connectivity index (χ3v) is 3.37. The van der Waals surface area contributed by atoms with E-state index in [-0.39, 0.29) is 11.8 Å². The largest absolute Gasteiger partial charge is 0.480 e. The lowest BCUT2D eigenvalue weighted by Crippen LogP contribution is -2.52. The number of aromatic nitrogens is 2. The van der Waals surface area contributed by atoms with Gasteiger partial charge in [0.1, 0.15) is 6.04 Å². The van der Waals surface area contributed by atoms with E-state index in [0.717, 1.165) is 11.4 Å². The first-order valence-electron chi connectivity index (χ1n) is 6.75. The van der Waals surface area contributed by atoms with Crippen molar-refractivity contribution in [2.45, 2.75) is 45.3 Å². The topological polar surface area (TPSA) is 107 Å². The molecule has 0 fully saturated rings. The SMILES string of the molecule is CC(C)C[C@@H](NC(=O)C1Cc2nc[nH]c2CN1)C(=O)O. The highest BCUT2D eigenvalue weighted by molar-refractivity contribution is 5.87. The van der Waals surface area contributed by atoms with Crippen molar-refractivity contribution in [1.29, 1.82) is 0 Å². The molecular weight excluding hydrogens is 260 g/mol. The summed E-state index contributed by atoms with van der Waals surface area (Å²) in [6.07, 6.45) is 2.49. The molecule has 0 spiro atoms. The van der Waals surface area contributed by atoms with Crippen molar-refractivity contribution in [3.8, 4) is 0 Å². The zero-order valence-corrected chi connectivity index (χ0v) is 11.6. The van der Waals surface area contributed by atoms with Crippen molar-refractivity contribution in [2.24, 2.45) is 5.92 Å². The van der Waals surface area contributed by atoms with Gasteiger partial charge in [-0.05, 0) is 12.3 Å². The zero-order chi connectivity index (χ0) is 14.7. The number of aliphatic carboxylic acids is 1. The van der Waals surface area contributed by atoms with Gasteiger partial charge in [0.15, 0.2) is 0 Å². The van der Waals surface area contributed by atoms with Crippen molar-refractivity contribution in [1.82, 2.24) is 20.6 Å². The Hall–Kier alpha value is -1.89. The predicted molar refractivity (Wildman–Crippen MR) is 71.9 cm³/mol. The van der Waals surface area contributed by atoms with Gasteiger partial charge in [-0.3, -0.25) is 10.1 Å². The molecule has 2 rings (SSSR count). The molecule has 0 aliphatic carbocycles. The number of amides is 1. The molecule has 4 N–H and O–H groups in total. The van der Waals surface area contributed by atoms with Gasteiger partial charge in [-0.1, -0.05) is 13.8 Å². The van der Waals surface area contributed by atoms with Crippen LogP contribution in [0, 0.1) is 5.92 Å². The third kappa shape index (κ3) is 3.36. The molecule has 110 valence electrons. The molecule has 2 heterocycles. The van der Waals surface area contributed by atoms with Gasteiger partial charge in [0.25, 0.3) is 0 Å². The van der Waals surface area contributed by atoms with Crippen LogP contribution in [0.2, 0.25) is 0 Å². The fraction of sp³-hybridized carbons (Fsp3) is 0.615. The summed E-state index contributed by atoms with van der Waals surface area (Å²) in [5, 5.41) is 14.8. The Morgan fingerprint density at radius 1 is 1.55 bits per heavy atom. The average Bonchev–Trinajstić information content (AvgIpc) is 2.84. The Balaban J connectivity index is 1.96. The number of fused-ring (bicyclic) bond motifs is 1. The maximum Gasteiger partial charge on any atom is 0.326 e. The number of carboxylic acid groups (broad SMARTS) is 1. The van der Waals surface area contributed by atoms with E-state index in [1.165, 1.54) is 0 Å². The van der Waals surface area contributed by atoms with Gasteiger partial charge in [-0.2, -0.15) is 0 Å². The molecule has 1 amide bonds. The number of nitrogens with zero attached hydrogens (tertiary/aromatic N) is 1. The normalized spacial score (nSPS) is 19.4. The number of rotatable bonds is 5. The van der Waals surface area contributed by atoms with Crippen LogP contribution in [0.15, 0.2) is 6.33 Å². The zero-order valence-electron chi connectivity index (χ0n) is 11.6. The van der Waals surface area contributed by atoms with Crippen molar-refractivity contribution in [3.63, 3.8) is 0 Å². The van der Waals surface area contributed by atoms with Crippen LogP contribution in [0.3, 0.4) is 0 Å². The molecule has 0 radical (unpaired) electrons. The quantitative estimate of drug-likeness (QED) is 0.609. The maximum atomic E-state index is 12.2. The molecule has 7 heteroatoms. The summed E-state index contributed by atoms with van der Waals surface area (Å²) >= 11 is 0. The van der Waals surface area contributed by atoms with Crippen molar-refractivity contribution >= 4 is 11.9 Å². The molecule has 1 unspecified atom stereocenters. The summed E-state index contributed by atoms with van der Waals surface area (Å²) in [6, 6.07) is -1.27. The number of hydrogen-bond acceptors (Lipinski definition) is 4. The van der Waals surface area contributed by atoms with E-state index >= 15 is 0 Å². The fourth-order valence-corrected chi connectivity index (χ4v) is 2.32. The number of imidazole rings is 1. The summed E-state index contributed by atoms with van der Waals surface area (Å²) in [4.78, 5) is 30.5. The minimum Gasteiger partial charge on any atom is -0.480 e. The molecule has 0 aromatic carbocycles. The molecule has 20 heavy (non-hydrogen) atoms. The van der Waals surface area contributed by atoms with Crippen LogP contribution < -0.4 is 10.6 Å². The highest BCUT2D eigenvalue weighted by atomic mass is 16.4. The second-order valence-electron chi connectivity index (χ2n) is 5.49. The lowest BCUT2D eigenvalue weighted by molar-refractivity contribution is -0.142. The number of H-pyrrole nitrogens is 1. The first kappa shape index (κ1) is 14.5. The van der Waals surface area contributed by atoms with Crippen LogP contribution in [0.5, 0.6) is 0 Å². The smallest absolute Gasteiger partial charge is 0.326 e. The van der Waals surface area contributed by atoms with Gasteiger partial charge >= 0.3 is 5.97 Å². The van der Waals surface area contributed by atoms with Crippen molar-refractivity contribution in [3.05, 3.63) is 17.7 Å². The molecule has 1 aromatic heterocycles. The number of aromatic amines is 1. The van der Waals surface area contributed by atoms with Crippen LogP contribution in [-0.4, -0.2) is 39.0 Å². The molecule has 0 bridgehead atoms. The maximum absolute atomic E-state index is 12.2. The molecule has 0 saturated carbocycles. The van der Waals surface area contributed by atoms with E-state index < -0.39 is 18.1 Å². The van der Waals surface area contributed by atoms with Crippen LogP contribution in [0.1, 0.15) is 31.7 Å². The average molecular weight is 280 g/mol. The summed E-state index contributed by atoms with van der Waals surface area (Å²) in [5.74, 6) is -1.08. The van der Waals surface area contributed by atoms with Crippen LogP contribution in [-0.2, 0) is 22.6 Å². The second kappa shape index (κ2) is 6.04. The van der Waals surface area contributed by atoms with Gasteiger partial charge in [-0.15, -0.1) is 0 Å². The molecule has 1 aliphatic rings. The Bertz CT molecular complexity index is 498. The Labute approximate surface area is 117 Å². The molecule has 0 saturated heterocycles. The molecule has 1 aromatic rings.